The number of amides is 1. The standard InChI is InChI=1S/C22H22FNO4/c1-13-16-7-9-19(25)14(2)21(16)28-22(27)17(13)8-10-20(26)24-12-11-15-5-3-4-6-18(15)23/h3-7,9,25H,8,10-12H2,1-2H3,(H,24,26). The molecule has 3 aromatic rings. The van der Waals surface area contributed by atoms with E-state index in [0.29, 0.717) is 35.2 Å². The molecule has 0 aliphatic carbocycles. The molecule has 0 fully saturated rings. The molecule has 5 nitrogen and oxygen atoms in total. The van der Waals surface area contributed by atoms with E-state index in [0.717, 1.165) is 10.9 Å². The predicted octanol–water partition coefficient (Wildman–Crippen LogP) is 3.55. The van der Waals surface area contributed by atoms with Crippen LogP contribution in [0.4, 0.5) is 4.39 Å². The molecule has 0 saturated carbocycles. The van der Waals surface area contributed by atoms with Gasteiger partial charge in [0.25, 0.3) is 0 Å². The van der Waals surface area contributed by atoms with Crippen molar-refractivity contribution in [2.45, 2.75) is 33.1 Å². The highest BCUT2D eigenvalue weighted by Crippen LogP contribution is 2.28. The molecule has 3 rings (SSSR count). The van der Waals surface area contributed by atoms with E-state index < -0.39 is 5.63 Å². The van der Waals surface area contributed by atoms with E-state index >= 15 is 0 Å². The molecule has 1 amide bonds. The first-order valence-corrected chi connectivity index (χ1v) is 9.13. The normalized spacial score (nSPS) is 11.0. The maximum Gasteiger partial charge on any atom is 0.339 e. The number of phenolic OH excluding ortho intramolecular Hbond substituents is 1. The van der Waals surface area contributed by atoms with Crippen molar-refractivity contribution in [2.75, 3.05) is 6.54 Å². The molecule has 1 heterocycles. The Bertz CT molecular complexity index is 1090. The fourth-order valence-electron chi connectivity index (χ4n) is 3.23. The van der Waals surface area contributed by atoms with Crippen LogP contribution in [0, 0.1) is 19.7 Å². The summed E-state index contributed by atoms with van der Waals surface area (Å²) in [5.74, 6) is -0.434. The SMILES string of the molecule is Cc1c(CCC(=O)NCCc2ccccc2F)c(=O)oc2c(C)c(O)ccc12. The lowest BCUT2D eigenvalue weighted by Gasteiger charge is -2.10. The Kier molecular flexibility index (Phi) is 5.78. The second-order valence-electron chi connectivity index (χ2n) is 6.77. The van der Waals surface area contributed by atoms with Crippen molar-refractivity contribution in [1.82, 2.24) is 5.32 Å². The van der Waals surface area contributed by atoms with E-state index in [2.05, 4.69) is 5.32 Å². The van der Waals surface area contributed by atoms with Gasteiger partial charge in [0.1, 0.15) is 17.1 Å². The van der Waals surface area contributed by atoms with Crippen LogP contribution >= 0.6 is 0 Å². The quantitative estimate of drug-likeness (QED) is 0.638. The molecule has 0 atom stereocenters. The molecule has 1 aromatic heterocycles. The first kappa shape index (κ1) is 19.6. The van der Waals surface area contributed by atoms with Gasteiger partial charge in [-0.25, -0.2) is 9.18 Å². The number of carbonyl (C=O) groups is 1. The summed E-state index contributed by atoms with van der Waals surface area (Å²) < 4.78 is 19.0. The third kappa shape index (κ3) is 4.06. The molecule has 0 aliphatic heterocycles. The maximum atomic E-state index is 13.6. The molecule has 0 unspecified atom stereocenters. The zero-order chi connectivity index (χ0) is 20.3. The monoisotopic (exact) mass is 383 g/mol. The fourth-order valence-corrected chi connectivity index (χ4v) is 3.23. The smallest absolute Gasteiger partial charge is 0.339 e. The van der Waals surface area contributed by atoms with E-state index in [-0.39, 0.29) is 30.3 Å². The fraction of sp³-hybridized carbons (Fsp3) is 0.273. The lowest BCUT2D eigenvalue weighted by atomic mass is 10.0. The number of phenols is 1. The number of halogens is 1. The highest BCUT2D eigenvalue weighted by molar-refractivity contribution is 5.85. The van der Waals surface area contributed by atoms with E-state index in [1.165, 1.54) is 6.07 Å². The molecule has 146 valence electrons. The van der Waals surface area contributed by atoms with Crippen molar-refractivity contribution in [2.24, 2.45) is 0 Å². The van der Waals surface area contributed by atoms with Gasteiger partial charge in [0.15, 0.2) is 0 Å². The first-order chi connectivity index (χ1) is 13.4. The van der Waals surface area contributed by atoms with Gasteiger partial charge >= 0.3 is 5.63 Å². The second kappa shape index (κ2) is 8.25. The van der Waals surface area contributed by atoms with Crippen molar-refractivity contribution < 1.29 is 18.7 Å². The maximum absolute atomic E-state index is 13.6. The number of fused-ring (bicyclic) bond motifs is 1. The molecule has 6 heteroatoms. The van der Waals surface area contributed by atoms with Crippen molar-refractivity contribution in [1.29, 1.82) is 0 Å². The number of aromatic hydroxyl groups is 1. The Labute approximate surface area is 161 Å². The average Bonchev–Trinajstić information content (AvgIpc) is 2.66. The number of aryl methyl sites for hydroxylation is 2. The molecule has 0 radical (unpaired) electrons. The summed E-state index contributed by atoms with van der Waals surface area (Å²) in [7, 11) is 0. The first-order valence-electron chi connectivity index (χ1n) is 9.13. The van der Waals surface area contributed by atoms with Gasteiger partial charge < -0.3 is 14.8 Å². The predicted molar refractivity (Wildman–Crippen MR) is 105 cm³/mol. The van der Waals surface area contributed by atoms with Crippen molar-refractivity contribution in [3.8, 4) is 5.75 Å². The van der Waals surface area contributed by atoms with Crippen molar-refractivity contribution >= 4 is 16.9 Å². The number of rotatable bonds is 6. The number of carbonyl (C=O) groups excluding carboxylic acids is 1. The highest BCUT2D eigenvalue weighted by atomic mass is 19.1. The molecule has 2 N–H and O–H groups in total. The van der Waals surface area contributed by atoms with E-state index in [9.17, 15) is 19.1 Å². The third-order valence-electron chi connectivity index (χ3n) is 4.95. The van der Waals surface area contributed by atoms with Crippen LogP contribution in [0.25, 0.3) is 11.0 Å². The minimum absolute atomic E-state index is 0.0667. The Morgan fingerprint density at radius 2 is 1.86 bits per heavy atom. The van der Waals surface area contributed by atoms with Crippen molar-refractivity contribution in [3.05, 3.63) is 74.9 Å². The van der Waals surface area contributed by atoms with Crippen LogP contribution in [0.5, 0.6) is 5.75 Å². The summed E-state index contributed by atoms with van der Waals surface area (Å²) in [4.78, 5) is 24.5. The summed E-state index contributed by atoms with van der Waals surface area (Å²) >= 11 is 0. The van der Waals surface area contributed by atoms with Gasteiger partial charge in [-0.2, -0.15) is 0 Å². The summed E-state index contributed by atoms with van der Waals surface area (Å²) in [6.45, 7) is 3.81. The molecule has 0 spiro atoms. The van der Waals surface area contributed by atoms with Gasteiger partial charge in [-0.15, -0.1) is 0 Å². The minimum atomic E-state index is -0.502. The van der Waals surface area contributed by atoms with Gasteiger partial charge in [-0.3, -0.25) is 4.79 Å². The topological polar surface area (TPSA) is 79.5 Å². The summed E-state index contributed by atoms with van der Waals surface area (Å²) in [5.41, 5.74) is 2.11. The lowest BCUT2D eigenvalue weighted by Crippen LogP contribution is -2.26. The number of nitrogens with one attached hydrogen (secondary N) is 1. The largest absolute Gasteiger partial charge is 0.508 e. The summed E-state index contributed by atoms with van der Waals surface area (Å²) in [6.07, 6.45) is 0.777. The van der Waals surface area contributed by atoms with Gasteiger partial charge in [-0.1, -0.05) is 18.2 Å². The zero-order valence-corrected chi connectivity index (χ0v) is 15.8. The molecule has 0 saturated heterocycles. The zero-order valence-electron chi connectivity index (χ0n) is 15.8. The minimum Gasteiger partial charge on any atom is -0.508 e. The van der Waals surface area contributed by atoms with E-state index in [1.54, 1.807) is 44.2 Å². The second-order valence-corrected chi connectivity index (χ2v) is 6.77. The molecular weight excluding hydrogens is 361 g/mol. The Balaban J connectivity index is 1.65. The van der Waals surface area contributed by atoms with Crippen LogP contribution in [0.15, 0.2) is 45.6 Å². The molecular formula is C22H22FNO4. The highest BCUT2D eigenvalue weighted by Gasteiger charge is 2.15. The van der Waals surface area contributed by atoms with Gasteiger partial charge in [0.05, 0.1) is 0 Å². The van der Waals surface area contributed by atoms with Gasteiger partial charge in [0, 0.05) is 29.5 Å². The van der Waals surface area contributed by atoms with Crippen LogP contribution in [-0.2, 0) is 17.6 Å². The molecule has 2 aromatic carbocycles. The average molecular weight is 383 g/mol. The molecule has 0 aliphatic rings. The van der Waals surface area contributed by atoms with E-state index in [4.69, 9.17) is 4.42 Å². The van der Waals surface area contributed by atoms with Crippen LogP contribution in [0.2, 0.25) is 0 Å². The van der Waals surface area contributed by atoms with Crippen molar-refractivity contribution in [3.63, 3.8) is 0 Å². The Morgan fingerprint density at radius 3 is 2.61 bits per heavy atom. The van der Waals surface area contributed by atoms with E-state index in [1.807, 2.05) is 0 Å². The number of benzene rings is 2. The van der Waals surface area contributed by atoms with Crippen LogP contribution in [-0.4, -0.2) is 17.6 Å². The molecule has 0 bridgehead atoms. The number of hydrogen-bond donors (Lipinski definition) is 2. The molecule has 28 heavy (non-hydrogen) atoms. The number of hydrogen-bond acceptors (Lipinski definition) is 4. The Hall–Kier alpha value is -3.15. The van der Waals surface area contributed by atoms with Gasteiger partial charge in [0.2, 0.25) is 5.91 Å². The van der Waals surface area contributed by atoms with Crippen LogP contribution < -0.4 is 10.9 Å². The van der Waals surface area contributed by atoms with Crippen LogP contribution in [0.3, 0.4) is 0 Å². The Morgan fingerprint density at radius 1 is 1.11 bits per heavy atom. The summed E-state index contributed by atoms with van der Waals surface area (Å²) in [5, 5.41) is 13.3. The van der Waals surface area contributed by atoms with Crippen LogP contribution in [0.1, 0.15) is 28.7 Å². The summed E-state index contributed by atoms with van der Waals surface area (Å²) in [6, 6.07) is 9.71. The van der Waals surface area contributed by atoms with Gasteiger partial charge in [-0.05, 0) is 56.0 Å². The third-order valence-corrected chi connectivity index (χ3v) is 4.95. The lowest BCUT2D eigenvalue weighted by molar-refractivity contribution is -0.121.